The van der Waals surface area contributed by atoms with E-state index in [0.29, 0.717) is 13.0 Å². The summed E-state index contributed by atoms with van der Waals surface area (Å²) < 4.78 is 0. The number of nitrogens with one attached hydrogen (secondary N) is 1. The number of amides is 3. The Morgan fingerprint density at radius 2 is 1.93 bits per heavy atom. The average molecular weight is 370 g/mol. The number of hydrogen-bond donors (Lipinski definition) is 1. The minimum Gasteiger partial charge on any atom is -0.323 e. The van der Waals surface area contributed by atoms with Gasteiger partial charge in [0.15, 0.2) is 0 Å². The van der Waals surface area contributed by atoms with Crippen LogP contribution in [-0.4, -0.2) is 46.9 Å². The molecule has 0 unspecified atom stereocenters. The van der Waals surface area contributed by atoms with Gasteiger partial charge in [0.05, 0.1) is 6.54 Å². The number of hydrogen-bond acceptors (Lipinski definition) is 3. The highest BCUT2D eigenvalue weighted by Crippen LogP contribution is 2.36. The lowest BCUT2D eigenvalue weighted by atomic mass is 9.75. The van der Waals surface area contributed by atoms with Crippen LogP contribution >= 0.6 is 0 Å². The van der Waals surface area contributed by atoms with E-state index in [1.54, 1.807) is 0 Å². The second kappa shape index (κ2) is 7.85. The second-order valence-corrected chi connectivity index (χ2v) is 8.08. The zero-order valence-corrected chi connectivity index (χ0v) is 16.8. The predicted octanol–water partition coefficient (Wildman–Crippen LogP) is 3.48. The first kappa shape index (κ1) is 19.6. The van der Waals surface area contributed by atoms with Gasteiger partial charge in [-0.2, -0.15) is 0 Å². The van der Waals surface area contributed by atoms with Gasteiger partial charge in [0.2, 0.25) is 0 Å². The molecule has 2 heterocycles. The fraction of sp³-hybridized carbons (Fsp3) is 0.545. The molecular weight excluding hydrogens is 338 g/mol. The van der Waals surface area contributed by atoms with E-state index in [0.717, 1.165) is 38.0 Å². The Bertz CT molecular complexity index is 737. The maximum absolute atomic E-state index is 13.1. The van der Waals surface area contributed by atoms with E-state index in [-0.39, 0.29) is 17.9 Å². The molecular formula is C22H31N3O2. The molecule has 1 aromatic carbocycles. The molecule has 0 saturated carbocycles. The zero-order valence-electron chi connectivity index (χ0n) is 16.8. The first-order valence-electron chi connectivity index (χ1n) is 9.92. The van der Waals surface area contributed by atoms with Crippen molar-refractivity contribution in [2.24, 2.45) is 5.92 Å². The van der Waals surface area contributed by atoms with Gasteiger partial charge in [-0.15, -0.1) is 0 Å². The molecule has 0 aliphatic carbocycles. The lowest BCUT2D eigenvalue weighted by Crippen LogP contribution is -2.55. The molecule has 3 rings (SSSR count). The largest absolute Gasteiger partial charge is 0.325 e. The molecule has 0 spiro atoms. The van der Waals surface area contributed by atoms with Crippen molar-refractivity contribution in [3.8, 4) is 0 Å². The number of benzene rings is 1. The highest BCUT2D eigenvalue weighted by Gasteiger charge is 2.54. The van der Waals surface area contributed by atoms with E-state index in [4.69, 9.17) is 0 Å². The molecule has 0 radical (unpaired) electrons. The fourth-order valence-corrected chi connectivity index (χ4v) is 4.48. The Labute approximate surface area is 162 Å². The van der Waals surface area contributed by atoms with Crippen molar-refractivity contribution in [3.63, 3.8) is 0 Å². The quantitative estimate of drug-likeness (QED) is 0.617. The van der Waals surface area contributed by atoms with Crippen LogP contribution in [0, 0.1) is 12.8 Å². The van der Waals surface area contributed by atoms with Gasteiger partial charge in [0.1, 0.15) is 5.54 Å². The average Bonchev–Trinajstić information content (AvgIpc) is 2.89. The number of likely N-dealkylation sites (tertiary alicyclic amines) is 1. The SMILES string of the molecule is C=C(C)CN1C(=O)N[C@@](CC)(C2CCN(Cc3ccccc3C)CC2)C1=O. The van der Waals surface area contributed by atoms with E-state index in [1.165, 1.54) is 16.0 Å². The highest BCUT2D eigenvalue weighted by atomic mass is 16.2. The van der Waals surface area contributed by atoms with Gasteiger partial charge in [0, 0.05) is 6.54 Å². The first-order valence-corrected chi connectivity index (χ1v) is 9.92. The number of imide groups is 1. The lowest BCUT2D eigenvalue weighted by molar-refractivity contribution is -0.134. The lowest BCUT2D eigenvalue weighted by Gasteiger charge is -2.40. The number of carbonyl (C=O) groups is 2. The van der Waals surface area contributed by atoms with Crippen LogP contribution in [-0.2, 0) is 11.3 Å². The van der Waals surface area contributed by atoms with Crippen LogP contribution in [0.3, 0.4) is 0 Å². The number of piperidine rings is 1. The van der Waals surface area contributed by atoms with Gasteiger partial charge < -0.3 is 5.32 Å². The summed E-state index contributed by atoms with van der Waals surface area (Å²) in [5.74, 6) is 0.109. The van der Waals surface area contributed by atoms with Crippen molar-refractivity contribution in [3.05, 3.63) is 47.5 Å². The Hall–Kier alpha value is -2.14. The first-order chi connectivity index (χ1) is 12.9. The van der Waals surface area contributed by atoms with Crippen molar-refractivity contribution in [2.75, 3.05) is 19.6 Å². The number of urea groups is 1. The Balaban J connectivity index is 1.67. The van der Waals surface area contributed by atoms with Gasteiger partial charge in [-0.1, -0.05) is 43.3 Å². The van der Waals surface area contributed by atoms with Gasteiger partial charge in [-0.05, 0) is 63.2 Å². The van der Waals surface area contributed by atoms with E-state index in [9.17, 15) is 9.59 Å². The van der Waals surface area contributed by atoms with Crippen molar-refractivity contribution in [2.45, 2.75) is 52.1 Å². The van der Waals surface area contributed by atoms with Crippen molar-refractivity contribution < 1.29 is 9.59 Å². The second-order valence-electron chi connectivity index (χ2n) is 8.08. The minimum absolute atomic E-state index is 0.0737. The molecule has 2 aliphatic rings. The summed E-state index contributed by atoms with van der Waals surface area (Å²) in [6.07, 6.45) is 2.48. The topological polar surface area (TPSA) is 52.7 Å². The summed E-state index contributed by atoms with van der Waals surface area (Å²) in [5, 5.41) is 3.04. The normalized spacial score (nSPS) is 24.3. The summed E-state index contributed by atoms with van der Waals surface area (Å²) in [5.41, 5.74) is 2.75. The minimum atomic E-state index is -0.749. The van der Waals surface area contributed by atoms with Crippen LogP contribution < -0.4 is 5.32 Å². The number of rotatable bonds is 6. The van der Waals surface area contributed by atoms with Crippen molar-refractivity contribution in [1.82, 2.24) is 15.1 Å². The van der Waals surface area contributed by atoms with Gasteiger partial charge in [-0.3, -0.25) is 14.6 Å². The van der Waals surface area contributed by atoms with E-state index in [1.807, 2.05) is 13.8 Å². The van der Waals surface area contributed by atoms with Crippen LogP contribution in [0.2, 0.25) is 0 Å². The number of aryl methyl sites for hydroxylation is 1. The molecule has 2 aliphatic heterocycles. The summed E-state index contributed by atoms with van der Waals surface area (Å²) in [6, 6.07) is 8.22. The predicted molar refractivity (Wildman–Crippen MR) is 107 cm³/mol. The summed E-state index contributed by atoms with van der Waals surface area (Å²) >= 11 is 0. The van der Waals surface area contributed by atoms with E-state index >= 15 is 0 Å². The maximum atomic E-state index is 13.1. The van der Waals surface area contributed by atoms with Gasteiger partial charge in [-0.25, -0.2) is 4.79 Å². The molecule has 5 nitrogen and oxygen atoms in total. The maximum Gasteiger partial charge on any atom is 0.325 e. The molecule has 1 N–H and O–H groups in total. The third kappa shape index (κ3) is 3.79. The Kier molecular flexibility index (Phi) is 5.70. The molecule has 1 aromatic rings. The zero-order chi connectivity index (χ0) is 19.6. The molecule has 146 valence electrons. The molecule has 0 aromatic heterocycles. The highest BCUT2D eigenvalue weighted by molar-refractivity contribution is 6.07. The summed E-state index contributed by atoms with van der Waals surface area (Å²) in [6.45, 7) is 13.0. The van der Waals surface area contributed by atoms with Crippen molar-refractivity contribution >= 4 is 11.9 Å². The van der Waals surface area contributed by atoms with Crippen molar-refractivity contribution in [1.29, 1.82) is 0 Å². The molecule has 5 heteroatoms. The van der Waals surface area contributed by atoms with Gasteiger partial charge >= 0.3 is 6.03 Å². The molecule has 27 heavy (non-hydrogen) atoms. The third-order valence-corrected chi connectivity index (χ3v) is 6.13. The van der Waals surface area contributed by atoms with E-state index in [2.05, 4.69) is 48.0 Å². The molecule has 2 saturated heterocycles. The number of carbonyl (C=O) groups excluding carboxylic acids is 2. The molecule has 0 bridgehead atoms. The van der Waals surface area contributed by atoms with Crippen LogP contribution in [0.15, 0.2) is 36.4 Å². The van der Waals surface area contributed by atoms with Crippen LogP contribution in [0.4, 0.5) is 4.79 Å². The van der Waals surface area contributed by atoms with Crippen LogP contribution in [0.1, 0.15) is 44.2 Å². The smallest absolute Gasteiger partial charge is 0.323 e. The summed E-state index contributed by atoms with van der Waals surface area (Å²) in [4.78, 5) is 29.3. The van der Waals surface area contributed by atoms with E-state index < -0.39 is 5.54 Å². The monoisotopic (exact) mass is 369 g/mol. The van der Waals surface area contributed by atoms with Gasteiger partial charge in [0.25, 0.3) is 5.91 Å². The molecule has 1 atom stereocenters. The third-order valence-electron chi connectivity index (χ3n) is 6.13. The fourth-order valence-electron chi connectivity index (χ4n) is 4.48. The molecule has 2 fully saturated rings. The Morgan fingerprint density at radius 1 is 1.26 bits per heavy atom. The number of nitrogens with zero attached hydrogens (tertiary/aromatic N) is 2. The van der Waals surface area contributed by atoms with Crippen LogP contribution in [0.25, 0.3) is 0 Å². The Morgan fingerprint density at radius 3 is 2.52 bits per heavy atom. The standard InChI is InChI=1S/C22H31N3O2/c1-5-22(20(26)25(14-16(2)3)21(27)23-22)19-10-12-24(13-11-19)15-18-9-7-6-8-17(18)4/h6-9,19H,2,5,10-15H2,1,3-4H3,(H,23,27)/t22-/m0/s1. The molecule has 3 amide bonds. The summed E-state index contributed by atoms with van der Waals surface area (Å²) in [7, 11) is 0. The van der Waals surface area contributed by atoms with Crippen LogP contribution in [0.5, 0.6) is 0 Å².